The van der Waals surface area contributed by atoms with Crippen LogP contribution in [-0.2, 0) is 0 Å². The summed E-state index contributed by atoms with van der Waals surface area (Å²) < 4.78 is 13.8. The third-order valence-corrected chi connectivity index (χ3v) is 4.55. The van der Waals surface area contributed by atoms with E-state index in [2.05, 4.69) is 24.3 Å². The zero-order valence-corrected chi connectivity index (χ0v) is 12.9. The maximum absolute atomic E-state index is 13.8. The van der Waals surface area contributed by atoms with Gasteiger partial charge in [-0.15, -0.1) is 0 Å². The molecule has 3 N–H and O–H groups in total. The fourth-order valence-electron chi connectivity index (χ4n) is 3.00. The number of hydrogen-bond acceptors (Lipinski definition) is 3. The van der Waals surface area contributed by atoms with Gasteiger partial charge in [0.25, 0.3) is 0 Å². The Morgan fingerprint density at radius 3 is 2.60 bits per heavy atom. The first-order valence-corrected chi connectivity index (χ1v) is 7.37. The minimum Gasteiger partial charge on any atom is -0.389 e. The van der Waals surface area contributed by atoms with Crippen LogP contribution in [0.2, 0.25) is 0 Å². The maximum atomic E-state index is 13.8. The summed E-state index contributed by atoms with van der Waals surface area (Å²) in [5.41, 5.74) is 6.77. The van der Waals surface area contributed by atoms with E-state index in [1.165, 1.54) is 18.9 Å². The third-order valence-electron chi connectivity index (χ3n) is 4.35. The lowest BCUT2D eigenvalue weighted by Gasteiger charge is -2.37. The van der Waals surface area contributed by atoms with E-state index in [0.717, 1.165) is 19.4 Å². The molecule has 0 amide bonds. The molecule has 0 radical (unpaired) electrons. The smallest absolute Gasteiger partial charge is 0.135 e. The van der Waals surface area contributed by atoms with Gasteiger partial charge in [-0.05, 0) is 39.1 Å². The zero-order valence-electron chi connectivity index (χ0n) is 12.1. The van der Waals surface area contributed by atoms with Crippen LogP contribution in [0.15, 0.2) is 18.2 Å². The van der Waals surface area contributed by atoms with Gasteiger partial charge in [-0.3, -0.25) is 0 Å². The van der Waals surface area contributed by atoms with E-state index in [-0.39, 0.29) is 16.3 Å². The van der Waals surface area contributed by atoms with E-state index in [1.807, 2.05) is 6.07 Å². The second-order valence-electron chi connectivity index (χ2n) is 5.71. The Bertz CT molecular complexity index is 496. The van der Waals surface area contributed by atoms with Crippen molar-refractivity contribution in [1.29, 1.82) is 0 Å². The first-order chi connectivity index (χ1) is 9.46. The molecule has 3 nitrogen and oxygen atoms in total. The molecule has 1 aromatic carbocycles. The molecule has 110 valence electrons. The van der Waals surface area contributed by atoms with Crippen molar-refractivity contribution >= 4 is 22.9 Å². The summed E-state index contributed by atoms with van der Waals surface area (Å²) in [6.45, 7) is 0.777. The molecule has 1 aliphatic rings. The van der Waals surface area contributed by atoms with Crippen molar-refractivity contribution in [2.75, 3.05) is 26.0 Å². The SMILES string of the molecule is CN(C)C1(CNc2cccc(F)c2C(N)=S)CCCC1. The molecule has 0 aliphatic heterocycles. The van der Waals surface area contributed by atoms with Gasteiger partial charge in [0.05, 0.1) is 5.56 Å². The average molecular weight is 295 g/mol. The highest BCUT2D eigenvalue weighted by atomic mass is 32.1. The number of benzene rings is 1. The molecule has 1 aliphatic carbocycles. The van der Waals surface area contributed by atoms with E-state index >= 15 is 0 Å². The Morgan fingerprint density at radius 1 is 1.40 bits per heavy atom. The molecule has 20 heavy (non-hydrogen) atoms. The summed E-state index contributed by atoms with van der Waals surface area (Å²) in [4.78, 5) is 2.36. The molecule has 0 bridgehead atoms. The average Bonchev–Trinajstić information content (AvgIpc) is 2.86. The molecule has 0 unspecified atom stereocenters. The molecule has 0 spiro atoms. The van der Waals surface area contributed by atoms with E-state index in [9.17, 15) is 4.39 Å². The van der Waals surface area contributed by atoms with Gasteiger partial charge in [0.15, 0.2) is 0 Å². The van der Waals surface area contributed by atoms with Crippen LogP contribution in [0.25, 0.3) is 0 Å². The number of anilines is 1. The Kier molecular flexibility index (Phi) is 4.60. The highest BCUT2D eigenvalue weighted by molar-refractivity contribution is 7.80. The number of nitrogens with one attached hydrogen (secondary N) is 1. The first-order valence-electron chi connectivity index (χ1n) is 6.96. The van der Waals surface area contributed by atoms with Gasteiger partial charge in [-0.2, -0.15) is 0 Å². The van der Waals surface area contributed by atoms with Crippen molar-refractivity contribution in [3.05, 3.63) is 29.6 Å². The maximum Gasteiger partial charge on any atom is 0.135 e. The topological polar surface area (TPSA) is 41.3 Å². The number of hydrogen-bond donors (Lipinski definition) is 2. The number of nitrogens with two attached hydrogens (primary N) is 1. The fraction of sp³-hybridized carbons (Fsp3) is 0.533. The molecule has 0 aromatic heterocycles. The van der Waals surface area contributed by atoms with Gasteiger partial charge in [-0.1, -0.05) is 31.1 Å². The van der Waals surface area contributed by atoms with Crippen LogP contribution in [-0.4, -0.2) is 36.1 Å². The van der Waals surface area contributed by atoms with E-state index < -0.39 is 0 Å². The second kappa shape index (κ2) is 6.06. The minimum atomic E-state index is -0.368. The largest absolute Gasteiger partial charge is 0.389 e. The van der Waals surface area contributed by atoms with Gasteiger partial charge >= 0.3 is 0 Å². The number of rotatable bonds is 5. The summed E-state index contributed by atoms with van der Waals surface area (Å²) in [7, 11) is 4.21. The van der Waals surface area contributed by atoms with Gasteiger partial charge < -0.3 is 16.0 Å². The van der Waals surface area contributed by atoms with Gasteiger partial charge in [-0.25, -0.2) is 4.39 Å². The summed E-state index contributed by atoms with van der Waals surface area (Å²) in [5, 5.41) is 3.35. The molecule has 2 rings (SSSR count). The summed E-state index contributed by atoms with van der Waals surface area (Å²) in [6.07, 6.45) is 4.80. The Labute approximate surface area is 125 Å². The van der Waals surface area contributed by atoms with Crippen LogP contribution in [0.5, 0.6) is 0 Å². The number of likely N-dealkylation sites (N-methyl/N-ethyl adjacent to an activating group) is 1. The van der Waals surface area contributed by atoms with E-state index in [4.69, 9.17) is 18.0 Å². The van der Waals surface area contributed by atoms with Gasteiger partial charge in [0, 0.05) is 17.8 Å². The van der Waals surface area contributed by atoms with E-state index in [0.29, 0.717) is 11.3 Å². The van der Waals surface area contributed by atoms with Crippen LogP contribution in [0.4, 0.5) is 10.1 Å². The minimum absolute atomic E-state index is 0.0934. The quantitative estimate of drug-likeness (QED) is 0.820. The highest BCUT2D eigenvalue weighted by Gasteiger charge is 2.35. The fourth-order valence-corrected chi connectivity index (χ4v) is 3.20. The first kappa shape index (κ1) is 15.2. The molecular weight excluding hydrogens is 273 g/mol. The number of thiocarbonyl (C=S) groups is 1. The van der Waals surface area contributed by atoms with Crippen molar-refractivity contribution in [3.8, 4) is 0 Å². The predicted octanol–water partition coefficient (Wildman–Crippen LogP) is 2.75. The number of nitrogens with zero attached hydrogens (tertiary/aromatic N) is 1. The monoisotopic (exact) mass is 295 g/mol. The summed E-state index contributed by atoms with van der Waals surface area (Å²) in [6, 6.07) is 4.89. The van der Waals surface area contributed by atoms with E-state index in [1.54, 1.807) is 6.07 Å². The Morgan fingerprint density at radius 2 is 2.05 bits per heavy atom. The summed E-state index contributed by atoms with van der Waals surface area (Å²) >= 11 is 4.95. The predicted molar refractivity (Wildman–Crippen MR) is 85.7 cm³/mol. The standard InChI is InChI=1S/C15H22FN3S/c1-19(2)15(8-3-4-9-15)10-18-12-7-5-6-11(16)13(12)14(17)20/h5-7,18H,3-4,8-10H2,1-2H3,(H2,17,20). The highest BCUT2D eigenvalue weighted by Crippen LogP contribution is 2.34. The number of halogens is 1. The van der Waals surface area contributed by atoms with Crippen molar-refractivity contribution < 1.29 is 4.39 Å². The van der Waals surface area contributed by atoms with Crippen LogP contribution in [0, 0.1) is 5.82 Å². The third kappa shape index (κ3) is 2.94. The van der Waals surface area contributed by atoms with Crippen molar-refractivity contribution in [3.63, 3.8) is 0 Å². The van der Waals surface area contributed by atoms with Crippen LogP contribution < -0.4 is 11.1 Å². The zero-order chi connectivity index (χ0) is 14.8. The van der Waals surface area contributed by atoms with Gasteiger partial charge in [0.2, 0.25) is 0 Å². The van der Waals surface area contributed by atoms with Crippen molar-refractivity contribution in [2.45, 2.75) is 31.2 Å². The molecule has 5 heteroatoms. The molecular formula is C15H22FN3S. The van der Waals surface area contributed by atoms with Crippen LogP contribution in [0.1, 0.15) is 31.2 Å². The normalized spacial score (nSPS) is 17.4. The molecule has 0 heterocycles. The lowest BCUT2D eigenvalue weighted by molar-refractivity contribution is 0.172. The molecule has 1 saturated carbocycles. The molecule has 0 saturated heterocycles. The van der Waals surface area contributed by atoms with Crippen LogP contribution >= 0.6 is 12.2 Å². The van der Waals surface area contributed by atoms with Crippen molar-refractivity contribution in [2.24, 2.45) is 5.73 Å². The van der Waals surface area contributed by atoms with Crippen LogP contribution in [0.3, 0.4) is 0 Å². The lowest BCUT2D eigenvalue weighted by atomic mass is 9.95. The molecule has 1 aromatic rings. The van der Waals surface area contributed by atoms with Gasteiger partial charge in [0.1, 0.15) is 10.8 Å². The van der Waals surface area contributed by atoms with Crippen molar-refractivity contribution in [1.82, 2.24) is 4.90 Å². The Balaban J connectivity index is 2.19. The summed E-state index contributed by atoms with van der Waals surface area (Å²) in [5.74, 6) is -0.368. The lowest BCUT2D eigenvalue weighted by Crippen LogP contribution is -2.47. The molecule has 0 atom stereocenters. The Hall–Kier alpha value is -1.20. The molecule has 1 fully saturated rings. The second-order valence-corrected chi connectivity index (χ2v) is 6.15.